The maximum atomic E-state index is 12.7. The van der Waals surface area contributed by atoms with Crippen LogP contribution in [0.2, 0.25) is 0 Å². The number of nitrogens with zero attached hydrogens (tertiary/aromatic N) is 3. The van der Waals surface area contributed by atoms with Gasteiger partial charge in [0.2, 0.25) is 0 Å². The summed E-state index contributed by atoms with van der Waals surface area (Å²) in [5.74, 6) is 0.334. The van der Waals surface area contributed by atoms with Crippen molar-refractivity contribution in [3.05, 3.63) is 47.3 Å². The zero-order chi connectivity index (χ0) is 19.9. The van der Waals surface area contributed by atoms with Gasteiger partial charge in [0.05, 0.1) is 12.1 Å². The van der Waals surface area contributed by atoms with Gasteiger partial charge in [0, 0.05) is 23.8 Å². The first-order valence-electron chi connectivity index (χ1n) is 9.75. The second kappa shape index (κ2) is 6.96. The van der Waals surface area contributed by atoms with Crippen molar-refractivity contribution in [3.8, 4) is 0 Å². The average molecular weight is 382 g/mol. The highest BCUT2D eigenvalue weighted by molar-refractivity contribution is 5.92. The molecule has 7 heteroatoms. The fourth-order valence-corrected chi connectivity index (χ4v) is 3.45. The second-order valence-electron chi connectivity index (χ2n) is 8.43. The molecular formula is C21H26N4O3. The van der Waals surface area contributed by atoms with Gasteiger partial charge in [-0.15, -0.1) is 0 Å². The van der Waals surface area contributed by atoms with Crippen molar-refractivity contribution in [1.82, 2.24) is 15.1 Å². The minimum absolute atomic E-state index is 0.158. The highest BCUT2D eigenvalue weighted by Gasteiger charge is 2.32. The fourth-order valence-electron chi connectivity index (χ4n) is 3.45. The number of aromatic nitrogens is 2. The Balaban J connectivity index is 1.46. The van der Waals surface area contributed by atoms with Crippen LogP contribution in [0.4, 0.5) is 10.5 Å². The summed E-state index contributed by atoms with van der Waals surface area (Å²) >= 11 is 0. The number of carbonyl (C=O) groups is 2. The van der Waals surface area contributed by atoms with Gasteiger partial charge in [-0.05, 0) is 57.4 Å². The first-order valence-corrected chi connectivity index (χ1v) is 9.75. The lowest BCUT2D eigenvalue weighted by Gasteiger charge is -2.22. The Labute approximate surface area is 164 Å². The van der Waals surface area contributed by atoms with E-state index in [9.17, 15) is 9.59 Å². The standard InChI is InChI=1S/C21H26N4O3/c1-21(2,3)25-18(15-7-8-15)12-17(23-25)19(26)22-13-14-5-4-6-16(11-14)24-9-10-28-20(24)27/h4-6,11-12,15H,7-10,13H2,1-3H3,(H,22,26). The van der Waals surface area contributed by atoms with Gasteiger partial charge >= 0.3 is 6.09 Å². The van der Waals surface area contributed by atoms with Gasteiger partial charge in [0.25, 0.3) is 5.91 Å². The number of hydrogen-bond acceptors (Lipinski definition) is 4. The molecule has 1 aliphatic carbocycles. The molecule has 1 saturated carbocycles. The van der Waals surface area contributed by atoms with Crippen LogP contribution >= 0.6 is 0 Å². The van der Waals surface area contributed by atoms with Crippen molar-refractivity contribution in [1.29, 1.82) is 0 Å². The number of benzene rings is 1. The summed E-state index contributed by atoms with van der Waals surface area (Å²) in [7, 11) is 0. The number of carbonyl (C=O) groups excluding carboxylic acids is 2. The number of nitrogens with one attached hydrogen (secondary N) is 1. The number of rotatable bonds is 5. The number of hydrogen-bond donors (Lipinski definition) is 1. The van der Waals surface area contributed by atoms with Gasteiger partial charge in [-0.3, -0.25) is 14.4 Å². The Morgan fingerprint density at radius 2 is 2.07 bits per heavy atom. The van der Waals surface area contributed by atoms with Gasteiger partial charge in [0.15, 0.2) is 0 Å². The summed E-state index contributed by atoms with van der Waals surface area (Å²) in [6.45, 7) is 7.62. The molecule has 2 amide bonds. The van der Waals surface area contributed by atoms with Crippen LogP contribution in [0.3, 0.4) is 0 Å². The molecule has 28 heavy (non-hydrogen) atoms. The zero-order valence-corrected chi connectivity index (χ0v) is 16.6. The number of anilines is 1. The van der Waals surface area contributed by atoms with E-state index in [4.69, 9.17) is 4.74 Å². The van der Waals surface area contributed by atoms with Gasteiger partial charge in [-0.25, -0.2) is 4.79 Å². The molecule has 1 aromatic heterocycles. The molecule has 0 radical (unpaired) electrons. The number of cyclic esters (lactones) is 1. The lowest BCUT2D eigenvalue weighted by molar-refractivity contribution is 0.0944. The lowest BCUT2D eigenvalue weighted by atomic mass is 10.1. The topological polar surface area (TPSA) is 76.5 Å². The van der Waals surface area contributed by atoms with Crippen LogP contribution in [-0.4, -0.2) is 34.9 Å². The maximum absolute atomic E-state index is 12.7. The second-order valence-corrected chi connectivity index (χ2v) is 8.43. The Kier molecular flexibility index (Phi) is 4.61. The van der Waals surface area contributed by atoms with E-state index in [0.29, 0.717) is 31.3 Å². The van der Waals surface area contributed by atoms with Gasteiger partial charge < -0.3 is 10.1 Å². The lowest BCUT2D eigenvalue weighted by Crippen LogP contribution is -2.27. The van der Waals surface area contributed by atoms with E-state index in [1.165, 1.54) is 0 Å². The summed E-state index contributed by atoms with van der Waals surface area (Å²) in [5, 5.41) is 7.53. The minimum atomic E-state index is -0.332. The summed E-state index contributed by atoms with van der Waals surface area (Å²) in [6, 6.07) is 9.49. The molecule has 1 saturated heterocycles. The molecule has 0 bridgehead atoms. The monoisotopic (exact) mass is 382 g/mol. The zero-order valence-electron chi connectivity index (χ0n) is 16.6. The quantitative estimate of drug-likeness (QED) is 0.860. The Morgan fingerprint density at radius 3 is 2.71 bits per heavy atom. The molecular weight excluding hydrogens is 356 g/mol. The molecule has 4 rings (SSSR count). The van der Waals surface area contributed by atoms with E-state index >= 15 is 0 Å². The third kappa shape index (κ3) is 3.74. The van der Waals surface area contributed by atoms with Crippen LogP contribution in [0.1, 0.15) is 61.3 Å². The predicted octanol–water partition coefficient (Wildman–Crippen LogP) is 3.40. The SMILES string of the molecule is CC(C)(C)n1nc(C(=O)NCc2cccc(N3CCOC3=O)c2)cc1C1CC1. The fraction of sp³-hybridized carbons (Fsp3) is 0.476. The van der Waals surface area contributed by atoms with Crippen molar-refractivity contribution >= 4 is 17.7 Å². The third-order valence-corrected chi connectivity index (χ3v) is 5.04. The molecule has 2 aliphatic rings. The van der Waals surface area contributed by atoms with E-state index in [2.05, 4.69) is 31.2 Å². The van der Waals surface area contributed by atoms with Gasteiger partial charge in [-0.2, -0.15) is 5.10 Å². The Morgan fingerprint density at radius 1 is 1.29 bits per heavy atom. The molecule has 2 aromatic rings. The van der Waals surface area contributed by atoms with Crippen molar-refractivity contribution in [2.75, 3.05) is 18.1 Å². The van der Waals surface area contributed by atoms with Crippen LogP contribution < -0.4 is 10.2 Å². The summed E-state index contributed by atoms with van der Waals surface area (Å²) < 4.78 is 6.97. The summed E-state index contributed by atoms with van der Waals surface area (Å²) in [5.41, 5.74) is 3.14. The normalized spacial score (nSPS) is 17.0. The van der Waals surface area contributed by atoms with Crippen molar-refractivity contribution in [3.63, 3.8) is 0 Å². The molecule has 148 valence electrons. The van der Waals surface area contributed by atoms with Crippen LogP contribution in [0.25, 0.3) is 0 Å². The van der Waals surface area contributed by atoms with E-state index in [1.54, 1.807) is 4.90 Å². The maximum Gasteiger partial charge on any atom is 0.414 e. The van der Waals surface area contributed by atoms with Crippen LogP contribution in [-0.2, 0) is 16.8 Å². The van der Waals surface area contributed by atoms with E-state index in [1.807, 2.05) is 35.0 Å². The van der Waals surface area contributed by atoms with Crippen LogP contribution in [0, 0.1) is 0 Å². The molecule has 0 spiro atoms. The minimum Gasteiger partial charge on any atom is -0.447 e. The molecule has 2 fully saturated rings. The van der Waals surface area contributed by atoms with Crippen molar-refractivity contribution in [2.45, 2.75) is 51.6 Å². The van der Waals surface area contributed by atoms with E-state index in [0.717, 1.165) is 29.8 Å². The molecule has 1 N–H and O–H groups in total. The third-order valence-electron chi connectivity index (χ3n) is 5.04. The predicted molar refractivity (Wildman–Crippen MR) is 106 cm³/mol. The van der Waals surface area contributed by atoms with Gasteiger partial charge in [0.1, 0.15) is 12.3 Å². The summed E-state index contributed by atoms with van der Waals surface area (Å²) in [6.07, 6.45) is 1.99. The van der Waals surface area contributed by atoms with Crippen molar-refractivity contribution < 1.29 is 14.3 Å². The molecule has 2 heterocycles. The van der Waals surface area contributed by atoms with Gasteiger partial charge in [-0.1, -0.05) is 12.1 Å². The number of ether oxygens (including phenoxy) is 1. The molecule has 7 nitrogen and oxygen atoms in total. The first kappa shape index (κ1) is 18.5. The smallest absolute Gasteiger partial charge is 0.414 e. The van der Waals surface area contributed by atoms with E-state index < -0.39 is 0 Å². The average Bonchev–Trinajstić information content (AvgIpc) is 3.24. The largest absolute Gasteiger partial charge is 0.447 e. The summed E-state index contributed by atoms with van der Waals surface area (Å²) in [4.78, 5) is 26.0. The molecule has 0 atom stereocenters. The molecule has 1 aromatic carbocycles. The first-order chi connectivity index (χ1) is 13.3. The highest BCUT2D eigenvalue weighted by Crippen LogP contribution is 2.41. The van der Waals surface area contributed by atoms with Crippen LogP contribution in [0.15, 0.2) is 30.3 Å². The van der Waals surface area contributed by atoms with Crippen molar-refractivity contribution in [2.24, 2.45) is 0 Å². The number of amides is 2. The van der Waals surface area contributed by atoms with E-state index in [-0.39, 0.29) is 17.5 Å². The van der Waals surface area contributed by atoms with Crippen LogP contribution in [0.5, 0.6) is 0 Å². The molecule has 1 aliphatic heterocycles. The Bertz CT molecular complexity index is 909. The Hall–Kier alpha value is -2.83. The highest BCUT2D eigenvalue weighted by atomic mass is 16.6. The molecule has 0 unspecified atom stereocenters.